The topological polar surface area (TPSA) is 0 Å². The lowest BCUT2D eigenvalue weighted by Gasteiger charge is -2.25. The zero-order valence-electron chi connectivity index (χ0n) is 72.2. The highest BCUT2D eigenvalue weighted by atomic mass is 28.3. The van der Waals surface area contributed by atoms with E-state index in [1.165, 1.54) is 257 Å². The molecule has 0 atom stereocenters. The molecule has 4 aliphatic rings. The summed E-state index contributed by atoms with van der Waals surface area (Å²) in [5.74, 6) is 0. The van der Waals surface area contributed by atoms with E-state index in [1.807, 2.05) is 0 Å². The third-order valence-electron chi connectivity index (χ3n) is 29.8. The Balaban J connectivity index is 0.652. The molecule has 2 aliphatic carbocycles. The minimum absolute atomic E-state index is 0.0673. The van der Waals surface area contributed by atoms with Crippen LogP contribution in [0.5, 0.6) is 0 Å². The normalized spacial score (nSPS) is 14.8. The molecule has 0 amide bonds. The molecular formula is C124H92Si2. The minimum atomic E-state index is -2.18. The number of fused-ring (bicyclic) bond motifs is 22. The van der Waals surface area contributed by atoms with E-state index >= 15 is 0 Å². The fourth-order valence-electron chi connectivity index (χ4n) is 23.4. The van der Waals surface area contributed by atoms with Crippen LogP contribution in [0.15, 0.2) is 387 Å². The number of benzene rings is 21. The zero-order valence-corrected chi connectivity index (χ0v) is 74.2. The minimum Gasteiger partial charge on any atom is -0.0836 e. The summed E-state index contributed by atoms with van der Waals surface area (Å²) in [6.45, 7) is 17.4. The second kappa shape index (κ2) is 28.2. The van der Waals surface area contributed by atoms with E-state index in [4.69, 9.17) is 0 Å². The van der Waals surface area contributed by atoms with Crippen LogP contribution in [0.3, 0.4) is 0 Å². The molecule has 0 radical (unpaired) electrons. The highest BCUT2D eigenvalue weighted by Gasteiger charge is 2.42. The largest absolute Gasteiger partial charge is 0.113 e. The lowest BCUT2D eigenvalue weighted by Crippen LogP contribution is -2.49. The molecule has 0 saturated carbocycles. The summed E-state index contributed by atoms with van der Waals surface area (Å²) in [5.41, 5.74) is 29.9. The highest BCUT2D eigenvalue weighted by Crippen LogP contribution is 2.54. The molecule has 0 N–H and O–H groups in total. The van der Waals surface area contributed by atoms with Crippen molar-refractivity contribution in [3.63, 3.8) is 0 Å². The van der Waals surface area contributed by atoms with Crippen LogP contribution in [0.4, 0.5) is 0 Å². The van der Waals surface area contributed by atoms with E-state index in [0.717, 1.165) is 25.7 Å². The first-order valence-electron chi connectivity index (χ1n) is 45.3. The fourth-order valence-corrected chi connectivity index (χ4v) is 29.8. The molecule has 25 rings (SSSR count). The molecule has 0 saturated heterocycles. The van der Waals surface area contributed by atoms with Gasteiger partial charge in [0.05, 0.1) is 0 Å². The van der Waals surface area contributed by atoms with Gasteiger partial charge >= 0.3 is 0 Å². The van der Waals surface area contributed by atoms with Crippen molar-refractivity contribution in [3.8, 4) is 89.0 Å². The summed E-state index contributed by atoms with van der Waals surface area (Å²) in [4.78, 5) is 0. The van der Waals surface area contributed by atoms with Gasteiger partial charge in [0.15, 0.2) is 0 Å². The molecule has 0 aromatic heterocycles. The van der Waals surface area contributed by atoms with Gasteiger partial charge in [0.1, 0.15) is 16.1 Å². The average molecular weight is 1640 g/mol. The number of rotatable bonds is 11. The van der Waals surface area contributed by atoms with Gasteiger partial charge in [0.2, 0.25) is 0 Å². The SMILES string of the molecule is CCC=C(C=CCc1ccc2c(c1)C(C)(C)c1ccccc1-2)c1c2ccc(-c3ccc4ccccc4c3)cc2c(-c2ccc3cc(-c4ccc5c6ccccc6c6cc(-c7c8ccc(-c9ccc%10ccccc%10c9)cc8c(-c8ccc9ccccc9c8)c8cc9c(cc78)C7=C(CCC=C7)[Si]9(C)C)ccc6c5c4)ccc3c2)c2cc3c(cc12)-c1ccccc1[Si]3(C)C. The Morgan fingerprint density at radius 2 is 0.714 bits per heavy atom. The van der Waals surface area contributed by atoms with Crippen LogP contribution in [-0.2, 0) is 11.8 Å². The quantitative estimate of drug-likeness (QED) is 0.0524. The van der Waals surface area contributed by atoms with E-state index < -0.39 is 16.1 Å². The van der Waals surface area contributed by atoms with Gasteiger partial charge in [-0.2, -0.15) is 0 Å². The van der Waals surface area contributed by atoms with Gasteiger partial charge in [-0.15, -0.1) is 0 Å². The molecular weight excluding hydrogens is 1550 g/mol. The molecule has 0 fully saturated rings. The van der Waals surface area contributed by atoms with Crippen LogP contribution in [0.1, 0.15) is 67.9 Å². The van der Waals surface area contributed by atoms with Crippen molar-refractivity contribution in [2.75, 3.05) is 0 Å². The van der Waals surface area contributed by atoms with E-state index in [0.29, 0.717) is 0 Å². The van der Waals surface area contributed by atoms with E-state index in [-0.39, 0.29) is 5.41 Å². The summed E-state index contributed by atoms with van der Waals surface area (Å²) in [6.07, 6.45) is 16.2. The molecule has 21 aromatic rings. The van der Waals surface area contributed by atoms with Crippen molar-refractivity contribution in [3.05, 3.63) is 415 Å². The van der Waals surface area contributed by atoms with Gasteiger partial charge in [-0.25, -0.2) is 0 Å². The lowest BCUT2D eigenvalue weighted by atomic mass is 9.82. The van der Waals surface area contributed by atoms with E-state index in [2.05, 4.69) is 429 Å². The van der Waals surface area contributed by atoms with Crippen molar-refractivity contribution >= 4 is 161 Å². The molecule has 21 aromatic carbocycles. The average Bonchev–Trinajstić information content (AvgIpc) is 1.46. The summed E-state index contributed by atoms with van der Waals surface area (Å²) in [6, 6.07) is 137. The van der Waals surface area contributed by atoms with Crippen molar-refractivity contribution in [2.24, 2.45) is 0 Å². The Morgan fingerprint density at radius 3 is 1.35 bits per heavy atom. The predicted octanol–water partition coefficient (Wildman–Crippen LogP) is 32.6. The van der Waals surface area contributed by atoms with Gasteiger partial charge in [-0.1, -0.05) is 368 Å². The van der Waals surface area contributed by atoms with Crippen molar-refractivity contribution < 1.29 is 0 Å². The third kappa shape index (κ3) is 11.4. The Bertz CT molecular complexity index is 8560. The first kappa shape index (κ1) is 74.5. The number of allylic oxidation sites excluding steroid dienone is 8. The highest BCUT2D eigenvalue weighted by molar-refractivity contribution is 7.04. The Morgan fingerprint density at radius 1 is 0.302 bits per heavy atom. The summed E-state index contributed by atoms with van der Waals surface area (Å²) >= 11 is 0. The zero-order chi connectivity index (χ0) is 84.2. The fraction of sp³-hybridized carbons (Fsp3) is 0.0968. The maximum absolute atomic E-state index is 2.68. The van der Waals surface area contributed by atoms with Crippen LogP contribution in [-0.4, -0.2) is 16.1 Å². The molecule has 126 heavy (non-hydrogen) atoms. The molecule has 596 valence electrons. The van der Waals surface area contributed by atoms with Gasteiger partial charge < -0.3 is 0 Å². The molecule has 0 bridgehead atoms. The number of hydrogen-bond acceptors (Lipinski definition) is 0. The van der Waals surface area contributed by atoms with Crippen molar-refractivity contribution in [2.45, 2.75) is 78.1 Å². The van der Waals surface area contributed by atoms with Gasteiger partial charge in [0, 0.05) is 5.41 Å². The maximum Gasteiger partial charge on any atom is 0.113 e. The van der Waals surface area contributed by atoms with Crippen molar-refractivity contribution in [1.82, 2.24) is 0 Å². The molecule has 2 aliphatic heterocycles. The van der Waals surface area contributed by atoms with Gasteiger partial charge in [0.25, 0.3) is 0 Å². The van der Waals surface area contributed by atoms with Crippen LogP contribution in [0.2, 0.25) is 26.2 Å². The maximum atomic E-state index is 2.68. The van der Waals surface area contributed by atoms with Crippen LogP contribution in [0.25, 0.3) is 219 Å². The summed E-state index contributed by atoms with van der Waals surface area (Å²) < 4.78 is 0. The molecule has 0 unspecified atom stereocenters. The van der Waals surface area contributed by atoms with Crippen molar-refractivity contribution in [1.29, 1.82) is 0 Å². The predicted molar refractivity (Wildman–Crippen MR) is 551 cm³/mol. The summed E-state index contributed by atoms with van der Waals surface area (Å²) in [7, 11) is -4.24. The smallest absolute Gasteiger partial charge is 0.0836 e. The first-order chi connectivity index (χ1) is 61.6. The molecule has 0 spiro atoms. The molecule has 2 heterocycles. The van der Waals surface area contributed by atoms with Crippen LogP contribution in [0, 0.1) is 0 Å². The molecule has 0 nitrogen and oxygen atoms in total. The lowest BCUT2D eigenvalue weighted by molar-refractivity contribution is 0.659. The standard InChI is InChI=1S/C124H92Si2/c1-8-24-79(32-23-25-75-41-56-99-98-35-17-20-38-114(98)124(2,3)115(99)61-75)120-102-59-53-89(84-45-42-76-26-9-12-29-80(76)62-84)68-108(102)123(112-73-118-106(71-110(112)120)100-36-18-21-39-116(100)125(118,4)5)92-51-49-83-64-86(47-48-87(83)66-92)88-52-57-96-94-33-15-16-34-95(94)105-70-93(55-58-97(105)104(96)67-88)121-103-60-54-90(85-46-43-77-27-10-13-30-81(77)63-85)69-109(103)122(91-50-44-78-28-11-14-31-82(78)65-91)113-74-119-107(72-111(113)121)101-37-19-22-40-117(101)126(119,6)7/h9-21,23-24,26-39,41-74H,8,22,25,40H2,1-7H3. The monoisotopic (exact) mass is 1640 g/mol. The van der Waals surface area contributed by atoms with E-state index in [9.17, 15) is 0 Å². The molecule has 2 heteroatoms. The Labute approximate surface area is 738 Å². The Hall–Kier alpha value is -14.1. The van der Waals surface area contributed by atoms with Gasteiger partial charge in [-0.3, -0.25) is 0 Å². The van der Waals surface area contributed by atoms with E-state index in [1.54, 1.807) is 10.4 Å². The summed E-state index contributed by atoms with van der Waals surface area (Å²) in [5, 5.41) is 34.0. The Kier molecular flexibility index (Phi) is 16.7. The second-order valence-corrected chi connectivity index (χ2v) is 46.5. The van der Waals surface area contributed by atoms with Crippen LogP contribution < -0.4 is 15.6 Å². The second-order valence-electron chi connectivity index (χ2n) is 37.8. The number of hydrogen-bond donors (Lipinski definition) is 0. The third-order valence-corrected chi connectivity index (χ3v) is 37.1. The van der Waals surface area contributed by atoms with Gasteiger partial charge in [-0.05, 0) is 354 Å². The first-order valence-corrected chi connectivity index (χ1v) is 51.3. The van der Waals surface area contributed by atoms with Crippen LogP contribution >= 0.6 is 0 Å².